The van der Waals surface area contributed by atoms with Crippen LogP contribution in [0.2, 0.25) is 0 Å². The Morgan fingerprint density at radius 3 is 2.45 bits per heavy atom. The van der Waals surface area contributed by atoms with Crippen LogP contribution in [0.4, 0.5) is 0 Å². The summed E-state index contributed by atoms with van der Waals surface area (Å²) in [5.74, 6) is 0.838. The maximum absolute atomic E-state index is 9.34. The monoisotopic (exact) mass is 270 g/mol. The molecule has 0 heterocycles. The minimum atomic E-state index is -1.48. The predicted octanol–water partition coefficient (Wildman–Crippen LogP) is 1.87. The van der Waals surface area contributed by atoms with Crippen molar-refractivity contribution in [2.45, 2.75) is 27.4 Å². The molecule has 0 bridgehead atoms. The number of ether oxygens (including phenoxy) is 1. The highest BCUT2D eigenvalue weighted by atomic mass is 16.5. The van der Waals surface area contributed by atoms with Crippen molar-refractivity contribution in [3.63, 3.8) is 0 Å². The summed E-state index contributed by atoms with van der Waals surface area (Å²) in [6.07, 6.45) is 0. The number of hydrogen-bond acceptors (Lipinski definition) is 3. The maximum Gasteiger partial charge on any atom is 0.488 e. The van der Waals surface area contributed by atoms with Crippen LogP contribution in [0.3, 0.4) is 0 Å². The zero-order chi connectivity index (χ0) is 14.7. The van der Waals surface area contributed by atoms with Crippen molar-refractivity contribution >= 4 is 12.6 Å². The molecule has 0 aliphatic heterocycles. The Hall–Kier alpha value is -1.78. The van der Waals surface area contributed by atoms with E-state index in [0.717, 1.165) is 22.4 Å². The van der Waals surface area contributed by atoms with Gasteiger partial charge in [0, 0.05) is 0 Å². The summed E-state index contributed by atoms with van der Waals surface area (Å²) in [4.78, 5) is 0. The van der Waals surface area contributed by atoms with Crippen molar-refractivity contribution in [1.29, 1.82) is 0 Å². The second-order valence-corrected chi connectivity index (χ2v) is 5.07. The van der Waals surface area contributed by atoms with Gasteiger partial charge < -0.3 is 14.8 Å². The highest BCUT2D eigenvalue weighted by molar-refractivity contribution is 6.59. The van der Waals surface area contributed by atoms with Crippen molar-refractivity contribution in [3.05, 3.63) is 58.7 Å². The molecule has 2 aromatic rings. The van der Waals surface area contributed by atoms with Crippen molar-refractivity contribution in [2.24, 2.45) is 0 Å². The third kappa shape index (κ3) is 3.21. The predicted molar refractivity (Wildman–Crippen MR) is 81.3 cm³/mol. The van der Waals surface area contributed by atoms with E-state index in [1.807, 2.05) is 32.0 Å². The lowest BCUT2D eigenvalue weighted by Gasteiger charge is -2.14. The second kappa shape index (κ2) is 6.12. The van der Waals surface area contributed by atoms with Gasteiger partial charge in [0.05, 0.1) is 0 Å². The van der Waals surface area contributed by atoms with E-state index < -0.39 is 7.12 Å². The van der Waals surface area contributed by atoms with Crippen LogP contribution in [0.25, 0.3) is 0 Å². The molecule has 0 aliphatic rings. The molecular weight excluding hydrogens is 251 g/mol. The van der Waals surface area contributed by atoms with E-state index in [1.54, 1.807) is 12.1 Å². The quantitative estimate of drug-likeness (QED) is 0.834. The molecule has 2 N–H and O–H groups in total. The minimum absolute atomic E-state index is 0.317. The molecule has 2 aromatic carbocycles. The van der Waals surface area contributed by atoms with Gasteiger partial charge in [-0.05, 0) is 54.6 Å². The molecule has 0 fully saturated rings. The van der Waals surface area contributed by atoms with Crippen LogP contribution in [-0.2, 0) is 6.61 Å². The van der Waals surface area contributed by atoms with Gasteiger partial charge in [0.2, 0.25) is 0 Å². The molecule has 20 heavy (non-hydrogen) atoms. The van der Waals surface area contributed by atoms with Gasteiger partial charge in [0.25, 0.3) is 0 Å². The SMILES string of the molecule is Cc1cc(C)c(C)c(OCc2ccccc2B(O)O)c1. The van der Waals surface area contributed by atoms with Gasteiger partial charge in [0.1, 0.15) is 12.4 Å². The van der Waals surface area contributed by atoms with Crippen LogP contribution in [-0.4, -0.2) is 17.2 Å². The first-order chi connectivity index (χ1) is 9.49. The van der Waals surface area contributed by atoms with Crippen LogP contribution in [0.15, 0.2) is 36.4 Å². The summed E-state index contributed by atoms with van der Waals surface area (Å²) >= 11 is 0. The average Bonchev–Trinajstić information content (AvgIpc) is 2.41. The molecule has 0 radical (unpaired) electrons. The van der Waals surface area contributed by atoms with Crippen molar-refractivity contribution < 1.29 is 14.8 Å². The largest absolute Gasteiger partial charge is 0.489 e. The van der Waals surface area contributed by atoms with Crippen LogP contribution < -0.4 is 10.2 Å². The molecule has 0 unspecified atom stereocenters. The summed E-state index contributed by atoms with van der Waals surface area (Å²) < 4.78 is 5.85. The summed E-state index contributed by atoms with van der Waals surface area (Å²) in [5.41, 5.74) is 4.71. The van der Waals surface area contributed by atoms with Gasteiger partial charge in [-0.25, -0.2) is 0 Å². The summed E-state index contributed by atoms with van der Waals surface area (Å²) in [6, 6.07) is 11.3. The Labute approximate surface area is 120 Å². The van der Waals surface area contributed by atoms with E-state index in [1.165, 1.54) is 5.56 Å². The van der Waals surface area contributed by atoms with Gasteiger partial charge in [0.15, 0.2) is 0 Å². The maximum atomic E-state index is 9.34. The van der Waals surface area contributed by atoms with E-state index >= 15 is 0 Å². The fraction of sp³-hybridized carbons (Fsp3) is 0.250. The van der Waals surface area contributed by atoms with Gasteiger partial charge in [-0.3, -0.25) is 0 Å². The van der Waals surface area contributed by atoms with Crippen LogP contribution >= 0.6 is 0 Å². The minimum Gasteiger partial charge on any atom is -0.489 e. The summed E-state index contributed by atoms with van der Waals surface area (Å²) in [5, 5.41) is 18.7. The highest BCUT2D eigenvalue weighted by Crippen LogP contribution is 2.24. The molecule has 0 aliphatic carbocycles. The summed E-state index contributed by atoms with van der Waals surface area (Å²) in [6.45, 7) is 6.43. The molecule has 0 saturated carbocycles. The Balaban J connectivity index is 2.21. The van der Waals surface area contributed by atoms with Crippen LogP contribution in [0.1, 0.15) is 22.3 Å². The molecule has 0 aromatic heterocycles. The lowest BCUT2D eigenvalue weighted by atomic mass is 9.77. The molecule has 2 rings (SSSR count). The van der Waals surface area contributed by atoms with E-state index in [0.29, 0.717) is 12.1 Å². The molecule has 4 heteroatoms. The molecule has 0 saturated heterocycles. The number of hydrogen-bond donors (Lipinski definition) is 2. The molecule has 0 atom stereocenters. The van der Waals surface area contributed by atoms with Crippen molar-refractivity contribution in [1.82, 2.24) is 0 Å². The van der Waals surface area contributed by atoms with Crippen molar-refractivity contribution in [2.75, 3.05) is 0 Å². The summed E-state index contributed by atoms with van der Waals surface area (Å²) in [7, 11) is -1.48. The fourth-order valence-electron chi connectivity index (χ4n) is 2.22. The lowest BCUT2D eigenvalue weighted by molar-refractivity contribution is 0.304. The van der Waals surface area contributed by atoms with E-state index in [9.17, 15) is 10.0 Å². The third-order valence-electron chi connectivity index (χ3n) is 3.48. The fourth-order valence-corrected chi connectivity index (χ4v) is 2.22. The standard InChI is InChI=1S/C16H19BO3/c1-11-8-12(2)13(3)16(9-11)20-10-14-6-4-5-7-15(14)17(18)19/h4-9,18-19H,10H2,1-3H3. The average molecular weight is 270 g/mol. The van der Waals surface area contributed by atoms with E-state index in [4.69, 9.17) is 4.74 Å². The third-order valence-corrected chi connectivity index (χ3v) is 3.48. The topological polar surface area (TPSA) is 49.7 Å². The molecule has 0 amide bonds. The first kappa shape index (κ1) is 14.6. The molecule has 0 spiro atoms. The van der Waals surface area contributed by atoms with Crippen molar-refractivity contribution in [3.8, 4) is 5.75 Å². The van der Waals surface area contributed by atoms with E-state index in [2.05, 4.69) is 13.0 Å². The molecule has 3 nitrogen and oxygen atoms in total. The number of rotatable bonds is 4. The normalized spacial score (nSPS) is 10.4. The Morgan fingerprint density at radius 2 is 1.75 bits per heavy atom. The van der Waals surface area contributed by atoms with Gasteiger partial charge in [-0.15, -0.1) is 0 Å². The Kier molecular flexibility index (Phi) is 4.48. The second-order valence-electron chi connectivity index (χ2n) is 5.07. The first-order valence-electron chi connectivity index (χ1n) is 6.63. The van der Waals surface area contributed by atoms with Gasteiger partial charge >= 0.3 is 7.12 Å². The van der Waals surface area contributed by atoms with Gasteiger partial charge in [-0.1, -0.05) is 30.3 Å². The van der Waals surface area contributed by atoms with E-state index in [-0.39, 0.29) is 0 Å². The zero-order valence-electron chi connectivity index (χ0n) is 12.1. The Morgan fingerprint density at radius 1 is 1.05 bits per heavy atom. The zero-order valence-corrected chi connectivity index (χ0v) is 12.1. The first-order valence-corrected chi connectivity index (χ1v) is 6.63. The molecule has 104 valence electrons. The lowest BCUT2D eigenvalue weighted by Crippen LogP contribution is -2.33. The van der Waals surface area contributed by atoms with Gasteiger partial charge in [-0.2, -0.15) is 0 Å². The van der Waals surface area contributed by atoms with Crippen LogP contribution in [0.5, 0.6) is 5.75 Å². The molecular formula is C16H19BO3. The Bertz CT molecular complexity index is 609. The number of aryl methyl sites for hydroxylation is 2. The van der Waals surface area contributed by atoms with Crippen LogP contribution in [0, 0.1) is 20.8 Å². The highest BCUT2D eigenvalue weighted by Gasteiger charge is 2.15. The number of benzene rings is 2. The smallest absolute Gasteiger partial charge is 0.488 e.